The third-order valence-electron chi connectivity index (χ3n) is 3.20. The predicted molar refractivity (Wildman–Crippen MR) is 87.5 cm³/mol. The summed E-state index contributed by atoms with van der Waals surface area (Å²) in [7, 11) is 1.64. The van der Waals surface area contributed by atoms with Crippen molar-refractivity contribution in [3.8, 4) is 11.5 Å². The monoisotopic (exact) mass is 350 g/mol. The summed E-state index contributed by atoms with van der Waals surface area (Å²) in [6, 6.07) is 13.7. The van der Waals surface area contributed by atoms with Crippen molar-refractivity contribution in [3.05, 3.63) is 58.1 Å². The Morgan fingerprint density at radius 3 is 2.33 bits per heavy atom. The first-order valence-electron chi connectivity index (χ1n) is 6.72. The fraction of sp³-hybridized carbons (Fsp3) is 0.250. The molecule has 0 bridgehead atoms. The maximum Gasteiger partial charge on any atom is 0.133 e. The van der Waals surface area contributed by atoms with Gasteiger partial charge in [-0.3, -0.25) is 5.84 Å². The van der Waals surface area contributed by atoms with Crippen molar-refractivity contribution in [2.45, 2.75) is 13.0 Å². The minimum Gasteiger partial charge on any atom is -0.496 e. The molecule has 2 aromatic carbocycles. The van der Waals surface area contributed by atoms with E-state index >= 15 is 0 Å². The molecule has 0 aromatic heterocycles. The van der Waals surface area contributed by atoms with Crippen molar-refractivity contribution in [2.75, 3.05) is 13.7 Å². The largest absolute Gasteiger partial charge is 0.496 e. The maximum atomic E-state index is 5.73. The molecule has 4 nitrogen and oxygen atoms in total. The number of hydrazine groups is 1. The quantitative estimate of drug-likeness (QED) is 0.619. The van der Waals surface area contributed by atoms with E-state index in [4.69, 9.17) is 15.3 Å². The van der Waals surface area contributed by atoms with Crippen molar-refractivity contribution >= 4 is 15.9 Å². The Morgan fingerprint density at radius 1 is 1.14 bits per heavy atom. The predicted octanol–water partition coefficient (Wildman–Crippen LogP) is 3.41. The van der Waals surface area contributed by atoms with Crippen LogP contribution in [-0.4, -0.2) is 13.7 Å². The van der Waals surface area contributed by atoms with Crippen molar-refractivity contribution in [3.63, 3.8) is 0 Å². The highest BCUT2D eigenvalue weighted by atomic mass is 79.9. The molecule has 0 aliphatic carbocycles. The number of ether oxygens (including phenoxy) is 2. The average Bonchev–Trinajstić information content (AvgIpc) is 2.50. The summed E-state index contributed by atoms with van der Waals surface area (Å²) in [6.45, 7) is 2.62. The summed E-state index contributed by atoms with van der Waals surface area (Å²) in [6.07, 6.45) is 0. The highest BCUT2D eigenvalue weighted by Gasteiger charge is 2.14. The molecular formula is C16H19BrN2O2. The molecule has 2 aromatic rings. The molecule has 2 rings (SSSR count). The Labute approximate surface area is 133 Å². The Kier molecular flexibility index (Phi) is 5.61. The van der Waals surface area contributed by atoms with Crippen LogP contribution < -0.4 is 20.7 Å². The lowest BCUT2D eigenvalue weighted by molar-refractivity contribution is 0.340. The van der Waals surface area contributed by atoms with Crippen molar-refractivity contribution < 1.29 is 9.47 Å². The van der Waals surface area contributed by atoms with Gasteiger partial charge in [-0.15, -0.1) is 0 Å². The number of nitrogens with one attached hydrogen (secondary N) is 1. The highest BCUT2D eigenvalue weighted by Crippen LogP contribution is 2.30. The van der Waals surface area contributed by atoms with Crippen LogP contribution in [-0.2, 0) is 0 Å². The van der Waals surface area contributed by atoms with E-state index in [9.17, 15) is 0 Å². The van der Waals surface area contributed by atoms with E-state index in [1.54, 1.807) is 7.11 Å². The van der Waals surface area contributed by atoms with E-state index in [0.717, 1.165) is 27.1 Å². The minimum atomic E-state index is -0.0946. The lowest BCUT2D eigenvalue weighted by Crippen LogP contribution is -2.28. The van der Waals surface area contributed by atoms with Gasteiger partial charge in [0, 0.05) is 0 Å². The van der Waals surface area contributed by atoms with Crippen LogP contribution in [0.1, 0.15) is 24.1 Å². The Hall–Kier alpha value is -1.56. The number of halogens is 1. The van der Waals surface area contributed by atoms with Gasteiger partial charge in [0.25, 0.3) is 0 Å². The Balaban J connectivity index is 2.28. The molecule has 0 spiro atoms. The normalized spacial score (nSPS) is 12.0. The Morgan fingerprint density at radius 2 is 1.81 bits per heavy atom. The summed E-state index contributed by atoms with van der Waals surface area (Å²) in [5.74, 6) is 7.37. The molecule has 3 N–H and O–H groups in total. The van der Waals surface area contributed by atoms with Crippen LogP contribution in [0.3, 0.4) is 0 Å². The van der Waals surface area contributed by atoms with E-state index in [1.165, 1.54) is 0 Å². The summed E-state index contributed by atoms with van der Waals surface area (Å²) in [5.41, 5.74) is 4.97. The van der Waals surface area contributed by atoms with Gasteiger partial charge in [0.05, 0.1) is 24.2 Å². The molecule has 0 amide bonds. The summed E-state index contributed by atoms with van der Waals surface area (Å²) >= 11 is 3.50. The van der Waals surface area contributed by atoms with Gasteiger partial charge >= 0.3 is 0 Å². The SMILES string of the molecule is CCOc1ccc(C(NN)c2ccc(OC)c(Br)c2)cc1. The molecule has 112 valence electrons. The molecular weight excluding hydrogens is 332 g/mol. The number of methoxy groups -OCH3 is 1. The zero-order valence-electron chi connectivity index (χ0n) is 12.1. The molecule has 21 heavy (non-hydrogen) atoms. The van der Waals surface area contributed by atoms with Gasteiger partial charge in [-0.2, -0.15) is 0 Å². The fourth-order valence-corrected chi connectivity index (χ4v) is 2.73. The van der Waals surface area contributed by atoms with Gasteiger partial charge in [-0.25, -0.2) is 5.43 Å². The van der Waals surface area contributed by atoms with E-state index < -0.39 is 0 Å². The van der Waals surface area contributed by atoms with Crippen molar-refractivity contribution in [1.29, 1.82) is 0 Å². The Bertz CT molecular complexity index is 587. The third kappa shape index (κ3) is 3.75. The minimum absolute atomic E-state index is 0.0946. The van der Waals surface area contributed by atoms with Crippen molar-refractivity contribution in [2.24, 2.45) is 5.84 Å². The van der Waals surface area contributed by atoms with Crippen LogP contribution in [0.25, 0.3) is 0 Å². The number of benzene rings is 2. The first kappa shape index (κ1) is 15.8. The van der Waals surface area contributed by atoms with Crippen molar-refractivity contribution in [1.82, 2.24) is 5.43 Å². The van der Waals surface area contributed by atoms with Crippen LogP contribution in [0.4, 0.5) is 0 Å². The number of hydrogen-bond acceptors (Lipinski definition) is 4. The highest BCUT2D eigenvalue weighted by molar-refractivity contribution is 9.10. The van der Waals surface area contributed by atoms with E-state index in [-0.39, 0.29) is 6.04 Å². The molecule has 0 heterocycles. The first-order valence-corrected chi connectivity index (χ1v) is 7.51. The second-order valence-electron chi connectivity index (χ2n) is 4.50. The molecule has 0 aliphatic rings. The number of rotatable bonds is 6. The van der Waals surface area contributed by atoms with Gasteiger partial charge in [0.15, 0.2) is 0 Å². The maximum absolute atomic E-state index is 5.73. The second-order valence-corrected chi connectivity index (χ2v) is 5.35. The smallest absolute Gasteiger partial charge is 0.133 e. The molecule has 0 radical (unpaired) electrons. The molecule has 1 unspecified atom stereocenters. The second kappa shape index (κ2) is 7.45. The summed E-state index contributed by atoms with van der Waals surface area (Å²) in [5, 5.41) is 0. The van der Waals surface area contributed by atoms with E-state index in [2.05, 4.69) is 21.4 Å². The van der Waals surface area contributed by atoms with Crippen LogP contribution in [0.5, 0.6) is 11.5 Å². The summed E-state index contributed by atoms with van der Waals surface area (Å²) in [4.78, 5) is 0. The molecule has 0 aliphatic heterocycles. The third-order valence-corrected chi connectivity index (χ3v) is 3.82. The zero-order valence-corrected chi connectivity index (χ0v) is 13.7. The van der Waals surface area contributed by atoms with Gasteiger partial charge in [0.2, 0.25) is 0 Å². The number of hydrogen-bond donors (Lipinski definition) is 2. The molecule has 1 atom stereocenters. The van der Waals surface area contributed by atoms with Gasteiger partial charge in [-0.05, 0) is 58.2 Å². The zero-order chi connectivity index (χ0) is 15.2. The van der Waals surface area contributed by atoms with E-state index in [0.29, 0.717) is 6.61 Å². The molecule has 0 fully saturated rings. The average molecular weight is 351 g/mol. The lowest BCUT2D eigenvalue weighted by Gasteiger charge is -2.18. The van der Waals surface area contributed by atoms with Crippen LogP contribution >= 0.6 is 15.9 Å². The van der Waals surface area contributed by atoms with Gasteiger partial charge < -0.3 is 9.47 Å². The first-order chi connectivity index (χ1) is 10.2. The van der Waals surface area contributed by atoms with E-state index in [1.807, 2.05) is 49.4 Å². The van der Waals surface area contributed by atoms with Gasteiger partial charge in [-0.1, -0.05) is 18.2 Å². The topological polar surface area (TPSA) is 56.5 Å². The molecule has 0 saturated heterocycles. The number of nitrogens with two attached hydrogens (primary N) is 1. The standard InChI is InChI=1S/C16H19BrN2O2/c1-3-21-13-7-4-11(5-8-13)16(19-18)12-6-9-15(20-2)14(17)10-12/h4-10,16,19H,3,18H2,1-2H3. The van der Waals surface area contributed by atoms with Crippen LogP contribution in [0.2, 0.25) is 0 Å². The fourth-order valence-electron chi connectivity index (χ4n) is 2.17. The molecule has 5 heteroatoms. The van der Waals surface area contributed by atoms with Crippen LogP contribution in [0, 0.1) is 0 Å². The molecule has 0 saturated carbocycles. The van der Waals surface area contributed by atoms with Crippen LogP contribution in [0.15, 0.2) is 46.9 Å². The lowest BCUT2D eigenvalue weighted by atomic mass is 9.99. The van der Waals surface area contributed by atoms with Gasteiger partial charge in [0.1, 0.15) is 11.5 Å². The summed E-state index contributed by atoms with van der Waals surface area (Å²) < 4.78 is 11.6.